The predicted octanol–water partition coefficient (Wildman–Crippen LogP) is 3.74. The Hall–Kier alpha value is -0.630. The summed E-state index contributed by atoms with van der Waals surface area (Å²) < 4.78 is 0. The molecule has 0 unspecified atom stereocenters. The van der Waals surface area contributed by atoms with E-state index < -0.39 is 0 Å². The second-order valence-corrected chi connectivity index (χ2v) is 8.50. The maximum atomic E-state index is 11.9. The molecule has 0 bridgehead atoms. The maximum Gasteiger partial charge on any atom is 0.155 e. The van der Waals surface area contributed by atoms with Crippen molar-refractivity contribution >= 4 is 5.78 Å². The van der Waals surface area contributed by atoms with Crippen LogP contribution in [-0.4, -0.2) is 17.0 Å². The van der Waals surface area contributed by atoms with Crippen molar-refractivity contribution in [3.63, 3.8) is 0 Å². The second-order valence-electron chi connectivity index (χ2n) is 8.50. The molecule has 2 nitrogen and oxygen atoms in total. The summed E-state index contributed by atoms with van der Waals surface area (Å²) in [4.78, 5) is 11.9. The number of ketones is 1. The van der Waals surface area contributed by atoms with Crippen molar-refractivity contribution in [3.05, 3.63) is 11.6 Å². The van der Waals surface area contributed by atoms with Gasteiger partial charge in [-0.2, -0.15) is 0 Å². The van der Waals surface area contributed by atoms with Crippen molar-refractivity contribution in [2.45, 2.75) is 64.9 Å². The first kappa shape index (κ1) is 14.0. The zero-order valence-corrected chi connectivity index (χ0v) is 13.3. The number of carbonyl (C=O) groups is 1. The highest BCUT2D eigenvalue weighted by molar-refractivity contribution is 5.91. The third-order valence-electron chi connectivity index (χ3n) is 7.58. The molecule has 4 aliphatic rings. The van der Waals surface area contributed by atoms with E-state index in [0.29, 0.717) is 17.6 Å². The van der Waals surface area contributed by atoms with Crippen LogP contribution in [0.1, 0.15) is 58.8 Å². The second kappa shape index (κ2) is 4.68. The van der Waals surface area contributed by atoms with Gasteiger partial charge >= 0.3 is 0 Å². The maximum absolute atomic E-state index is 11.9. The fourth-order valence-electron chi connectivity index (χ4n) is 6.59. The summed E-state index contributed by atoms with van der Waals surface area (Å²) in [5.74, 6) is 3.82. The topological polar surface area (TPSA) is 37.3 Å². The van der Waals surface area contributed by atoms with Crippen molar-refractivity contribution in [3.8, 4) is 0 Å². The molecule has 0 aromatic heterocycles. The normalized spacial score (nSPS) is 52.7. The van der Waals surface area contributed by atoms with E-state index in [9.17, 15) is 9.90 Å². The highest BCUT2D eigenvalue weighted by Gasteiger charge is 2.56. The number of hydrogen-bond acceptors (Lipinski definition) is 2. The van der Waals surface area contributed by atoms with Gasteiger partial charge in [-0.25, -0.2) is 0 Å². The van der Waals surface area contributed by atoms with Crippen LogP contribution in [0.2, 0.25) is 0 Å². The van der Waals surface area contributed by atoms with E-state index in [-0.39, 0.29) is 11.5 Å². The molecule has 116 valence electrons. The minimum Gasteiger partial charge on any atom is -0.393 e. The lowest BCUT2D eigenvalue weighted by molar-refractivity contribution is -0.117. The number of allylic oxidation sites excluding steroid dienone is 1. The molecule has 0 aliphatic heterocycles. The van der Waals surface area contributed by atoms with Crippen LogP contribution in [0.25, 0.3) is 0 Å². The van der Waals surface area contributed by atoms with Gasteiger partial charge in [0.05, 0.1) is 6.10 Å². The Morgan fingerprint density at radius 1 is 1.19 bits per heavy atom. The van der Waals surface area contributed by atoms with Gasteiger partial charge in [0.2, 0.25) is 0 Å². The van der Waals surface area contributed by atoms with Gasteiger partial charge in [0.1, 0.15) is 0 Å². The van der Waals surface area contributed by atoms with E-state index in [2.05, 4.69) is 13.8 Å². The number of hydrogen-bond donors (Lipinski definition) is 1. The van der Waals surface area contributed by atoms with Gasteiger partial charge in [-0.3, -0.25) is 4.79 Å². The summed E-state index contributed by atoms with van der Waals surface area (Å²) in [6.45, 7) is 4.62. The van der Waals surface area contributed by atoms with Gasteiger partial charge in [0, 0.05) is 6.42 Å². The minimum atomic E-state index is -0.0780. The van der Waals surface area contributed by atoms with Gasteiger partial charge in [-0.05, 0) is 79.6 Å². The van der Waals surface area contributed by atoms with E-state index in [0.717, 1.165) is 37.0 Å². The molecule has 0 aromatic rings. The van der Waals surface area contributed by atoms with Crippen LogP contribution < -0.4 is 0 Å². The summed E-state index contributed by atoms with van der Waals surface area (Å²) in [5, 5.41) is 10.4. The number of aliphatic hydroxyl groups is 1. The van der Waals surface area contributed by atoms with Crippen LogP contribution >= 0.6 is 0 Å². The number of rotatable bonds is 0. The van der Waals surface area contributed by atoms with Crippen LogP contribution in [0.15, 0.2) is 11.6 Å². The fourth-order valence-corrected chi connectivity index (χ4v) is 6.59. The molecule has 4 rings (SSSR count). The zero-order chi connectivity index (χ0) is 14.8. The quantitative estimate of drug-likeness (QED) is 0.737. The van der Waals surface area contributed by atoms with E-state index in [1.54, 1.807) is 0 Å². The summed E-state index contributed by atoms with van der Waals surface area (Å²) >= 11 is 0. The first-order valence-corrected chi connectivity index (χ1v) is 8.92. The molecule has 0 aromatic carbocycles. The molecule has 7 atom stereocenters. The molecule has 0 heterocycles. The van der Waals surface area contributed by atoms with Crippen molar-refractivity contribution in [2.75, 3.05) is 0 Å². The largest absolute Gasteiger partial charge is 0.393 e. The molecule has 2 heteroatoms. The van der Waals surface area contributed by atoms with Gasteiger partial charge < -0.3 is 5.11 Å². The lowest BCUT2D eigenvalue weighted by Crippen LogP contribution is -2.48. The van der Waals surface area contributed by atoms with Crippen molar-refractivity contribution in [1.82, 2.24) is 0 Å². The van der Waals surface area contributed by atoms with Crippen LogP contribution in [-0.2, 0) is 4.79 Å². The Bertz CT molecular complexity index is 494. The van der Waals surface area contributed by atoms with Gasteiger partial charge in [0.15, 0.2) is 5.78 Å². The Balaban J connectivity index is 1.66. The summed E-state index contributed by atoms with van der Waals surface area (Å²) in [6.07, 6.45) is 9.71. The molecular weight excluding hydrogens is 260 g/mol. The molecule has 21 heavy (non-hydrogen) atoms. The molecule has 3 fully saturated rings. The van der Waals surface area contributed by atoms with E-state index >= 15 is 0 Å². The smallest absolute Gasteiger partial charge is 0.155 e. The Morgan fingerprint density at radius 3 is 2.81 bits per heavy atom. The standard InChI is InChI=1S/C19H28O2/c1-11-9-13(20)10-12-3-4-14-15(18(11)12)7-8-19(2)16(14)5-6-17(19)21/h10-11,14-18,21H,3-9H2,1-2H3/t11-,14-,15+,16+,17+,18+,19+/m1/s1. The van der Waals surface area contributed by atoms with Crippen molar-refractivity contribution in [2.24, 2.45) is 35.0 Å². The lowest BCUT2D eigenvalue weighted by Gasteiger charge is -2.54. The molecule has 0 amide bonds. The summed E-state index contributed by atoms with van der Waals surface area (Å²) in [6, 6.07) is 0. The van der Waals surface area contributed by atoms with Gasteiger partial charge in [-0.15, -0.1) is 0 Å². The fraction of sp³-hybridized carbons (Fsp3) is 0.842. The monoisotopic (exact) mass is 288 g/mol. The van der Waals surface area contributed by atoms with E-state index in [1.165, 1.54) is 31.3 Å². The molecule has 0 saturated heterocycles. The predicted molar refractivity (Wildman–Crippen MR) is 82.6 cm³/mol. The third-order valence-corrected chi connectivity index (χ3v) is 7.58. The van der Waals surface area contributed by atoms with E-state index in [1.807, 2.05) is 6.08 Å². The minimum absolute atomic E-state index is 0.0780. The van der Waals surface area contributed by atoms with Crippen molar-refractivity contribution in [1.29, 1.82) is 0 Å². The summed E-state index contributed by atoms with van der Waals surface area (Å²) in [5.41, 5.74) is 1.64. The third kappa shape index (κ3) is 1.91. The SMILES string of the molecule is C[C@@H]1CC(=O)C=C2CC[C@@H]3[C@H](CC[C@]4(C)[C@@H](O)CC[C@@H]34)[C@H]21. The lowest BCUT2D eigenvalue weighted by atomic mass is 9.51. The van der Waals surface area contributed by atoms with Crippen LogP contribution in [0, 0.1) is 35.0 Å². The van der Waals surface area contributed by atoms with Crippen molar-refractivity contribution < 1.29 is 9.90 Å². The van der Waals surface area contributed by atoms with Gasteiger partial charge in [0.25, 0.3) is 0 Å². The highest BCUT2D eigenvalue weighted by Crippen LogP contribution is 2.62. The first-order chi connectivity index (χ1) is 10.0. The number of carbonyl (C=O) groups excluding carboxylic acids is 1. The van der Waals surface area contributed by atoms with Crippen LogP contribution in [0.3, 0.4) is 0 Å². The molecule has 4 aliphatic carbocycles. The molecule has 0 radical (unpaired) electrons. The number of fused-ring (bicyclic) bond motifs is 5. The Labute approximate surface area is 128 Å². The Kier molecular flexibility index (Phi) is 3.12. The first-order valence-electron chi connectivity index (χ1n) is 8.92. The summed E-state index contributed by atoms with van der Waals surface area (Å²) in [7, 11) is 0. The average Bonchev–Trinajstić information content (AvgIpc) is 2.74. The zero-order valence-electron chi connectivity index (χ0n) is 13.3. The number of aliphatic hydroxyl groups excluding tert-OH is 1. The van der Waals surface area contributed by atoms with Crippen LogP contribution in [0.5, 0.6) is 0 Å². The van der Waals surface area contributed by atoms with E-state index in [4.69, 9.17) is 0 Å². The van der Waals surface area contributed by atoms with Gasteiger partial charge in [-0.1, -0.05) is 19.4 Å². The highest BCUT2D eigenvalue weighted by atomic mass is 16.3. The van der Waals surface area contributed by atoms with Crippen LogP contribution in [0.4, 0.5) is 0 Å². The molecular formula is C19H28O2. The average molecular weight is 288 g/mol. The molecule has 0 spiro atoms. The molecule has 1 N–H and O–H groups in total. The Morgan fingerprint density at radius 2 is 2.00 bits per heavy atom. The molecule has 3 saturated carbocycles.